The first kappa shape index (κ1) is 10.1. The van der Waals surface area contributed by atoms with Crippen molar-refractivity contribution in [2.45, 2.75) is 49.7 Å². The van der Waals surface area contributed by atoms with Gasteiger partial charge in [-0.2, -0.15) is 0 Å². The Labute approximate surface area is 94.6 Å². The monoisotopic (exact) mass is 223 g/mol. The molecule has 88 valence electrons. The smallest absolute Gasteiger partial charge is 0.322 e. The van der Waals surface area contributed by atoms with Crippen LogP contribution in [-0.2, 0) is 4.79 Å². The van der Waals surface area contributed by atoms with Crippen LogP contribution in [0, 0.1) is 0 Å². The van der Waals surface area contributed by atoms with E-state index in [2.05, 4.69) is 22.6 Å². The van der Waals surface area contributed by atoms with Gasteiger partial charge in [-0.05, 0) is 32.7 Å². The van der Waals surface area contributed by atoms with E-state index in [4.69, 9.17) is 0 Å². The third-order valence-electron chi connectivity index (χ3n) is 4.41. The SMILES string of the molecule is CN1[C@@H]2CCC[C@@H]1CC1(C2)NC(=O)NC1=O. The van der Waals surface area contributed by atoms with Crippen molar-refractivity contribution in [3.63, 3.8) is 0 Å². The molecule has 3 heterocycles. The molecule has 1 spiro atoms. The summed E-state index contributed by atoms with van der Waals surface area (Å²) in [5, 5.41) is 5.22. The number of carbonyl (C=O) groups is 2. The van der Waals surface area contributed by atoms with Gasteiger partial charge in [0.05, 0.1) is 0 Å². The fraction of sp³-hybridized carbons (Fsp3) is 0.818. The van der Waals surface area contributed by atoms with Crippen molar-refractivity contribution in [1.29, 1.82) is 0 Å². The number of imide groups is 1. The average Bonchev–Trinajstić information content (AvgIpc) is 2.45. The lowest BCUT2D eigenvalue weighted by molar-refractivity contribution is -0.128. The van der Waals surface area contributed by atoms with Crippen LogP contribution >= 0.6 is 0 Å². The first-order valence-electron chi connectivity index (χ1n) is 5.96. The molecule has 0 radical (unpaired) electrons. The summed E-state index contributed by atoms with van der Waals surface area (Å²) in [4.78, 5) is 25.5. The molecule has 0 aliphatic carbocycles. The van der Waals surface area contributed by atoms with Crippen LogP contribution in [0.2, 0.25) is 0 Å². The van der Waals surface area contributed by atoms with Gasteiger partial charge in [0, 0.05) is 12.1 Å². The Morgan fingerprint density at radius 1 is 1.25 bits per heavy atom. The van der Waals surface area contributed by atoms with E-state index in [0.717, 1.165) is 25.7 Å². The summed E-state index contributed by atoms with van der Waals surface area (Å²) in [7, 11) is 2.13. The Hall–Kier alpha value is -1.10. The molecule has 0 aromatic heterocycles. The van der Waals surface area contributed by atoms with Gasteiger partial charge in [0.15, 0.2) is 0 Å². The molecule has 0 saturated carbocycles. The number of nitrogens with zero attached hydrogens (tertiary/aromatic N) is 1. The third-order valence-corrected chi connectivity index (χ3v) is 4.41. The highest BCUT2D eigenvalue weighted by molar-refractivity contribution is 6.07. The van der Waals surface area contributed by atoms with Crippen LogP contribution in [0.3, 0.4) is 0 Å². The van der Waals surface area contributed by atoms with Crippen LogP contribution in [0.4, 0.5) is 4.79 Å². The first-order valence-corrected chi connectivity index (χ1v) is 5.96. The van der Waals surface area contributed by atoms with Gasteiger partial charge < -0.3 is 10.2 Å². The molecule has 3 aliphatic heterocycles. The second-order valence-corrected chi connectivity index (χ2v) is 5.30. The zero-order valence-corrected chi connectivity index (χ0v) is 9.45. The van der Waals surface area contributed by atoms with E-state index >= 15 is 0 Å². The predicted octanol–water partition coefficient (Wildman–Crippen LogP) is 0.211. The maximum Gasteiger partial charge on any atom is 0.322 e. The summed E-state index contributed by atoms with van der Waals surface area (Å²) in [6.07, 6.45) is 5.04. The van der Waals surface area contributed by atoms with Crippen molar-refractivity contribution in [2.24, 2.45) is 0 Å². The second-order valence-electron chi connectivity index (χ2n) is 5.30. The summed E-state index contributed by atoms with van der Waals surface area (Å²) < 4.78 is 0. The minimum absolute atomic E-state index is 0.123. The Kier molecular flexibility index (Phi) is 2.01. The fourth-order valence-corrected chi connectivity index (χ4v) is 3.49. The molecule has 5 heteroatoms. The molecule has 2 bridgehead atoms. The summed E-state index contributed by atoms with van der Waals surface area (Å²) >= 11 is 0. The molecule has 3 rings (SSSR count). The molecule has 5 nitrogen and oxygen atoms in total. The van der Waals surface area contributed by atoms with Gasteiger partial charge in [0.1, 0.15) is 5.54 Å². The van der Waals surface area contributed by atoms with Gasteiger partial charge >= 0.3 is 6.03 Å². The van der Waals surface area contributed by atoms with Crippen molar-refractivity contribution in [3.8, 4) is 0 Å². The zero-order chi connectivity index (χ0) is 11.3. The van der Waals surface area contributed by atoms with Crippen LogP contribution in [0.1, 0.15) is 32.1 Å². The topological polar surface area (TPSA) is 61.4 Å². The van der Waals surface area contributed by atoms with Crippen molar-refractivity contribution in [1.82, 2.24) is 15.5 Å². The second kappa shape index (κ2) is 3.20. The van der Waals surface area contributed by atoms with Gasteiger partial charge in [-0.15, -0.1) is 0 Å². The molecule has 0 aromatic carbocycles. The van der Waals surface area contributed by atoms with Crippen LogP contribution in [0.25, 0.3) is 0 Å². The molecule has 3 amide bonds. The third kappa shape index (κ3) is 1.27. The highest BCUT2D eigenvalue weighted by atomic mass is 16.2. The van der Waals surface area contributed by atoms with Crippen molar-refractivity contribution in [3.05, 3.63) is 0 Å². The van der Waals surface area contributed by atoms with Crippen LogP contribution < -0.4 is 10.6 Å². The van der Waals surface area contributed by atoms with E-state index in [-0.39, 0.29) is 11.9 Å². The number of amides is 3. The lowest BCUT2D eigenvalue weighted by Crippen LogP contribution is -2.62. The van der Waals surface area contributed by atoms with E-state index in [9.17, 15) is 9.59 Å². The Morgan fingerprint density at radius 3 is 2.38 bits per heavy atom. The van der Waals surface area contributed by atoms with Gasteiger partial charge in [0.2, 0.25) is 0 Å². The largest absolute Gasteiger partial charge is 0.323 e. The van der Waals surface area contributed by atoms with Crippen LogP contribution in [-0.4, -0.2) is 41.5 Å². The van der Waals surface area contributed by atoms with Gasteiger partial charge in [-0.3, -0.25) is 10.1 Å². The van der Waals surface area contributed by atoms with Crippen molar-refractivity contribution in [2.75, 3.05) is 7.05 Å². The lowest BCUT2D eigenvalue weighted by Gasteiger charge is -2.50. The summed E-state index contributed by atoms with van der Waals surface area (Å²) in [5.41, 5.74) is -0.612. The van der Waals surface area contributed by atoms with E-state index in [1.807, 2.05) is 0 Å². The minimum atomic E-state index is -0.612. The molecule has 0 aromatic rings. The van der Waals surface area contributed by atoms with E-state index in [1.54, 1.807) is 0 Å². The Morgan fingerprint density at radius 2 is 1.88 bits per heavy atom. The number of nitrogens with one attached hydrogen (secondary N) is 2. The summed E-state index contributed by atoms with van der Waals surface area (Å²) in [6.45, 7) is 0. The number of urea groups is 1. The van der Waals surface area contributed by atoms with Crippen molar-refractivity contribution < 1.29 is 9.59 Å². The highest BCUT2D eigenvalue weighted by Crippen LogP contribution is 2.39. The Balaban J connectivity index is 1.89. The quantitative estimate of drug-likeness (QED) is 0.577. The summed E-state index contributed by atoms with van der Waals surface area (Å²) in [6, 6.07) is 0.556. The molecule has 2 atom stereocenters. The number of carbonyl (C=O) groups excluding carboxylic acids is 2. The van der Waals surface area contributed by atoms with Gasteiger partial charge in [0.25, 0.3) is 5.91 Å². The van der Waals surface area contributed by atoms with E-state index < -0.39 is 5.54 Å². The molecule has 16 heavy (non-hydrogen) atoms. The maximum absolute atomic E-state index is 11.9. The number of fused-ring (bicyclic) bond motifs is 2. The maximum atomic E-state index is 11.9. The lowest BCUT2D eigenvalue weighted by atomic mass is 9.74. The highest BCUT2D eigenvalue weighted by Gasteiger charge is 2.53. The van der Waals surface area contributed by atoms with E-state index in [1.165, 1.54) is 6.42 Å². The molecular weight excluding hydrogens is 206 g/mol. The standard InChI is InChI=1S/C11H17N3O2/c1-14-7-3-2-4-8(14)6-11(5-7)9(15)12-10(16)13-11/h7-8H,2-6H2,1H3,(H2,12,13,15,16)/t7-,8-/m1/s1. The molecular formula is C11H17N3O2. The molecule has 3 saturated heterocycles. The summed E-state index contributed by atoms with van der Waals surface area (Å²) in [5.74, 6) is -0.123. The van der Waals surface area contributed by atoms with Crippen LogP contribution in [0.15, 0.2) is 0 Å². The van der Waals surface area contributed by atoms with Crippen LogP contribution in [0.5, 0.6) is 0 Å². The number of hydrogen-bond acceptors (Lipinski definition) is 3. The van der Waals surface area contributed by atoms with Gasteiger partial charge in [-0.25, -0.2) is 4.79 Å². The molecule has 3 aliphatic rings. The van der Waals surface area contributed by atoms with Gasteiger partial charge in [-0.1, -0.05) is 6.42 Å². The Bertz CT molecular complexity index is 341. The number of rotatable bonds is 0. The van der Waals surface area contributed by atoms with E-state index in [0.29, 0.717) is 12.1 Å². The normalized spacial score (nSPS) is 43.3. The average molecular weight is 223 g/mol. The number of piperidine rings is 2. The zero-order valence-electron chi connectivity index (χ0n) is 9.45. The molecule has 2 N–H and O–H groups in total. The van der Waals surface area contributed by atoms with Crippen molar-refractivity contribution >= 4 is 11.9 Å². The minimum Gasteiger partial charge on any atom is -0.323 e. The fourth-order valence-electron chi connectivity index (χ4n) is 3.49. The number of hydrogen-bond donors (Lipinski definition) is 2. The first-order chi connectivity index (χ1) is 7.61. The molecule has 0 unspecified atom stereocenters. The predicted molar refractivity (Wildman–Crippen MR) is 57.8 cm³/mol. The molecule has 3 fully saturated rings.